The molecule has 0 fully saturated rings. The van der Waals surface area contributed by atoms with Crippen LogP contribution in [0.4, 0.5) is 5.69 Å². The number of carboxylic acid groups (broad SMARTS) is 1. The fourth-order valence-electron chi connectivity index (χ4n) is 1.76. The number of aryl methyl sites for hydroxylation is 1. The standard InChI is InChI=1S/C17H15NO3/c1-12-7-9-14(10-8-12)18-15(17(20)21)11-16(19)13-5-3-2-4-6-13/h2-11,18H,1H3,(H,20,21)/p-1/b15-11+. The van der Waals surface area contributed by atoms with Crippen LogP contribution in [0.1, 0.15) is 15.9 Å². The minimum absolute atomic E-state index is 0.271. The SMILES string of the molecule is Cc1ccc(N/C(=C/C(=O)c2ccccc2)C(=O)[O-])cc1. The van der Waals surface area contributed by atoms with Crippen LogP contribution in [0, 0.1) is 6.92 Å². The lowest BCUT2D eigenvalue weighted by molar-refractivity contribution is -0.299. The first kappa shape index (κ1) is 14.5. The largest absolute Gasteiger partial charge is 0.543 e. The summed E-state index contributed by atoms with van der Waals surface area (Å²) in [6, 6.07) is 15.6. The maximum absolute atomic E-state index is 12.0. The number of benzene rings is 2. The van der Waals surface area contributed by atoms with Gasteiger partial charge in [-0.2, -0.15) is 0 Å². The number of ketones is 1. The van der Waals surface area contributed by atoms with E-state index in [1.807, 2.05) is 19.1 Å². The third kappa shape index (κ3) is 4.04. The molecule has 0 atom stereocenters. The summed E-state index contributed by atoms with van der Waals surface area (Å²) in [6.07, 6.45) is 1.03. The maximum atomic E-state index is 12.0. The van der Waals surface area contributed by atoms with E-state index in [0.717, 1.165) is 11.6 Å². The highest BCUT2D eigenvalue weighted by molar-refractivity contribution is 6.08. The van der Waals surface area contributed by atoms with Gasteiger partial charge in [0.25, 0.3) is 0 Å². The molecule has 1 N–H and O–H groups in total. The number of carbonyl (C=O) groups excluding carboxylic acids is 2. The van der Waals surface area contributed by atoms with Crippen molar-refractivity contribution in [1.29, 1.82) is 0 Å². The van der Waals surface area contributed by atoms with Crippen LogP contribution in [0.5, 0.6) is 0 Å². The number of rotatable bonds is 5. The second-order valence-electron chi connectivity index (χ2n) is 4.57. The molecule has 0 aliphatic carbocycles. The lowest BCUT2D eigenvalue weighted by atomic mass is 10.1. The normalized spacial score (nSPS) is 11.0. The summed E-state index contributed by atoms with van der Waals surface area (Å²) in [5, 5.41) is 13.8. The predicted octanol–water partition coefficient (Wildman–Crippen LogP) is 1.92. The maximum Gasteiger partial charge on any atom is 0.187 e. The van der Waals surface area contributed by atoms with Gasteiger partial charge in [0, 0.05) is 17.3 Å². The monoisotopic (exact) mass is 280 g/mol. The molecule has 2 rings (SSSR count). The quantitative estimate of drug-likeness (QED) is 0.671. The Hall–Kier alpha value is -2.88. The van der Waals surface area contributed by atoms with Crippen molar-refractivity contribution in [2.45, 2.75) is 6.92 Å². The zero-order valence-corrected chi connectivity index (χ0v) is 11.5. The molecular weight excluding hydrogens is 266 g/mol. The van der Waals surface area contributed by atoms with Gasteiger partial charge in [-0.05, 0) is 19.1 Å². The predicted molar refractivity (Wildman–Crippen MR) is 78.7 cm³/mol. The Morgan fingerprint density at radius 1 is 1.00 bits per heavy atom. The molecule has 21 heavy (non-hydrogen) atoms. The molecule has 4 nitrogen and oxygen atoms in total. The van der Waals surface area contributed by atoms with Crippen LogP contribution in [0.2, 0.25) is 0 Å². The van der Waals surface area contributed by atoms with Gasteiger partial charge in [-0.15, -0.1) is 0 Å². The Balaban J connectivity index is 2.22. The van der Waals surface area contributed by atoms with Crippen molar-refractivity contribution in [2.75, 3.05) is 5.32 Å². The van der Waals surface area contributed by atoms with Crippen LogP contribution in [-0.4, -0.2) is 11.8 Å². The highest BCUT2D eigenvalue weighted by Gasteiger charge is 2.06. The number of allylic oxidation sites excluding steroid dienone is 1. The van der Waals surface area contributed by atoms with Crippen molar-refractivity contribution in [1.82, 2.24) is 0 Å². The van der Waals surface area contributed by atoms with Gasteiger partial charge in [-0.25, -0.2) is 0 Å². The lowest BCUT2D eigenvalue weighted by Crippen LogP contribution is -2.29. The number of aliphatic carboxylic acids is 1. The van der Waals surface area contributed by atoms with E-state index < -0.39 is 11.8 Å². The van der Waals surface area contributed by atoms with E-state index in [-0.39, 0.29) is 5.70 Å². The molecule has 0 bridgehead atoms. The van der Waals surface area contributed by atoms with Gasteiger partial charge in [-0.3, -0.25) is 4.79 Å². The van der Waals surface area contributed by atoms with Gasteiger partial charge in [0.2, 0.25) is 0 Å². The van der Waals surface area contributed by atoms with Gasteiger partial charge in [0.15, 0.2) is 5.78 Å². The van der Waals surface area contributed by atoms with Crippen LogP contribution < -0.4 is 10.4 Å². The number of nitrogens with one attached hydrogen (secondary N) is 1. The second kappa shape index (κ2) is 6.52. The van der Waals surface area contributed by atoms with E-state index in [4.69, 9.17) is 0 Å². The molecule has 2 aromatic carbocycles. The molecule has 0 aliphatic heterocycles. The molecule has 0 amide bonds. The minimum Gasteiger partial charge on any atom is -0.543 e. The molecule has 0 aromatic heterocycles. The molecular formula is C17H14NO3-. The number of hydrogen-bond acceptors (Lipinski definition) is 4. The molecule has 0 spiro atoms. The van der Waals surface area contributed by atoms with Gasteiger partial charge in [0.05, 0.1) is 11.7 Å². The highest BCUT2D eigenvalue weighted by atomic mass is 16.4. The summed E-state index contributed by atoms with van der Waals surface area (Å²) in [6.45, 7) is 1.93. The van der Waals surface area contributed by atoms with Crippen LogP contribution in [0.3, 0.4) is 0 Å². The Morgan fingerprint density at radius 3 is 2.19 bits per heavy atom. The lowest BCUT2D eigenvalue weighted by Gasteiger charge is -2.12. The van der Waals surface area contributed by atoms with Crippen molar-refractivity contribution < 1.29 is 14.7 Å². The first-order valence-corrected chi connectivity index (χ1v) is 6.42. The molecule has 0 radical (unpaired) electrons. The molecule has 0 saturated heterocycles. The molecule has 0 heterocycles. The van der Waals surface area contributed by atoms with E-state index >= 15 is 0 Å². The van der Waals surface area contributed by atoms with E-state index in [1.165, 1.54) is 0 Å². The minimum atomic E-state index is -1.43. The van der Waals surface area contributed by atoms with Crippen LogP contribution in [-0.2, 0) is 4.79 Å². The molecule has 0 unspecified atom stereocenters. The number of hydrogen-bond donors (Lipinski definition) is 1. The molecule has 0 saturated carbocycles. The van der Waals surface area contributed by atoms with Gasteiger partial charge in [-0.1, -0.05) is 48.0 Å². The van der Waals surface area contributed by atoms with Gasteiger partial charge < -0.3 is 15.2 Å². The van der Waals surface area contributed by atoms with Crippen LogP contribution in [0.25, 0.3) is 0 Å². The Kier molecular flexibility index (Phi) is 4.51. The number of carbonyl (C=O) groups is 2. The van der Waals surface area contributed by atoms with Crippen molar-refractivity contribution in [3.8, 4) is 0 Å². The van der Waals surface area contributed by atoms with Crippen molar-refractivity contribution in [3.05, 3.63) is 77.5 Å². The summed E-state index contributed by atoms with van der Waals surface area (Å²) >= 11 is 0. The van der Waals surface area contributed by atoms with E-state index in [1.54, 1.807) is 42.5 Å². The number of anilines is 1. The smallest absolute Gasteiger partial charge is 0.187 e. The van der Waals surface area contributed by atoms with E-state index in [9.17, 15) is 14.7 Å². The molecule has 0 aliphatic rings. The first-order valence-electron chi connectivity index (χ1n) is 6.42. The summed E-state index contributed by atoms with van der Waals surface area (Å²) in [7, 11) is 0. The van der Waals surface area contributed by atoms with E-state index in [2.05, 4.69) is 5.32 Å². The van der Waals surface area contributed by atoms with Crippen molar-refractivity contribution >= 4 is 17.4 Å². The Labute approximate surface area is 122 Å². The molecule has 106 valence electrons. The summed E-state index contributed by atoms with van der Waals surface area (Å²) in [4.78, 5) is 23.1. The fraction of sp³-hybridized carbons (Fsp3) is 0.0588. The summed E-state index contributed by atoms with van der Waals surface area (Å²) in [5.74, 6) is -1.82. The number of carboxylic acids is 1. The molecule has 4 heteroatoms. The van der Waals surface area contributed by atoms with Crippen molar-refractivity contribution in [3.63, 3.8) is 0 Å². The average molecular weight is 280 g/mol. The van der Waals surface area contributed by atoms with Gasteiger partial charge in [0.1, 0.15) is 0 Å². The Bertz CT molecular complexity index is 673. The zero-order valence-electron chi connectivity index (χ0n) is 11.5. The van der Waals surface area contributed by atoms with Crippen LogP contribution >= 0.6 is 0 Å². The summed E-state index contributed by atoms with van der Waals surface area (Å²) in [5.41, 5.74) is 1.78. The topological polar surface area (TPSA) is 69.2 Å². The third-order valence-electron chi connectivity index (χ3n) is 2.88. The Morgan fingerprint density at radius 2 is 1.62 bits per heavy atom. The third-order valence-corrected chi connectivity index (χ3v) is 2.88. The zero-order chi connectivity index (χ0) is 15.2. The van der Waals surface area contributed by atoms with Crippen LogP contribution in [0.15, 0.2) is 66.4 Å². The summed E-state index contributed by atoms with van der Waals surface area (Å²) < 4.78 is 0. The fourth-order valence-corrected chi connectivity index (χ4v) is 1.76. The highest BCUT2D eigenvalue weighted by Crippen LogP contribution is 2.12. The average Bonchev–Trinajstić information content (AvgIpc) is 2.49. The van der Waals surface area contributed by atoms with E-state index in [0.29, 0.717) is 11.3 Å². The van der Waals surface area contributed by atoms with Crippen molar-refractivity contribution in [2.24, 2.45) is 0 Å². The second-order valence-corrected chi connectivity index (χ2v) is 4.57. The first-order chi connectivity index (χ1) is 10.1. The molecule has 2 aromatic rings. The van der Waals surface area contributed by atoms with Gasteiger partial charge >= 0.3 is 0 Å².